The van der Waals surface area contributed by atoms with E-state index in [9.17, 15) is 9.59 Å². The second-order valence-corrected chi connectivity index (χ2v) is 4.56. The number of carbonyl (C=O) groups excluding carboxylic acids is 2. The lowest BCUT2D eigenvalue weighted by molar-refractivity contribution is -0.114. The number of anilines is 1. The van der Waals surface area contributed by atoms with Crippen LogP contribution in [-0.4, -0.2) is 28.9 Å². The number of nitrogens with zero attached hydrogens (tertiary/aromatic N) is 3. The summed E-state index contributed by atoms with van der Waals surface area (Å²) in [5.74, 6) is 0.253. The lowest BCUT2D eigenvalue weighted by atomic mass is 10.1. The lowest BCUT2D eigenvalue weighted by Crippen LogP contribution is -2.29. The molecule has 1 aromatic heterocycles. The Balaban J connectivity index is 1.93. The third kappa shape index (κ3) is 2.16. The van der Waals surface area contributed by atoms with Gasteiger partial charge in [-0.15, -0.1) is 0 Å². The first-order valence-corrected chi connectivity index (χ1v) is 6.49. The smallest absolute Gasteiger partial charge is 0.299 e. The van der Waals surface area contributed by atoms with Crippen molar-refractivity contribution >= 4 is 17.4 Å². The first kappa shape index (κ1) is 13.3. The van der Waals surface area contributed by atoms with Crippen LogP contribution in [0.1, 0.15) is 29.0 Å². The van der Waals surface area contributed by atoms with Crippen LogP contribution in [0, 0.1) is 0 Å². The van der Waals surface area contributed by atoms with Crippen LogP contribution < -0.4 is 9.64 Å². The van der Waals surface area contributed by atoms with E-state index in [1.54, 1.807) is 18.2 Å². The third-order valence-electron chi connectivity index (χ3n) is 3.29. The Morgan fingerprint density at radius 3 is 2.81 bits per heavy atom. The number of amides is 1. The number of aromatic nitrogens is 2. The molecule has 0 bridgehead atoms. The van der Waals surface area contributed by atoms with E-state index in [4.69, 9.17) is 9.26 Å². The molecular weight excluding hydrogens is 274 g/mol. The minimum Gasteiger partial charge on any atom is -0.497 e. The van der Waals surface area contributed by atoms with E-state index < -0.39 is 11.7 Å². The van der Waals surface area contributed by atoms with Gasteiger partial charge in [-0.2, -0.15) is 4.98 Å². The number of carbonyl (C=O) groups is 2. The number of aryl methyl sites for hydroxylation is 1. The van der Waals surface area contributed by atoms with Crippen LogP contribution in [0.2, 0.25) is 0 Å². The van der Waals surface area contributed by atoms with Crippen LogP contribution in [0.4, 0.5) is 5.69 Å². The quantitative estimate of drug-likeness (QED) is 0.789. The third-order valence-corrected chi connectivity index (χ3v) is 3.29. The van der Waals surface area contributed by atoms with Gasteiger partial charge < -0.3 is 9.26 Å². The van der Waals surface area contributed by atoms with Crippen LogP contribution in [0.15, 0.2) is 22.7 Å². The largest absolute Gasteiger partial charge is 0.497 e. The number of hydrogen-bond donors (Lipinski definition) is 0. The second kappa shape index (κ2) is 5.01. The van der Waals surface area contributed by atoms with Gasteiger partial charge in [0.25, 0.3) is 11.7 Å². The number of ether oxygens (including phenoxy) is 1. The van der Waals surface area contributed by atoms with Crippen LogP contribution in [0.5, 0.6) is 5.75 Å². The Kier molecular flexibility index (Phi) is 3.17. The highest BCUT2D eigenvalue weighted by molar-refractivity contribution is 6.52. The molecule has 0 aliphatic carbocycles. The van der Waals surface area contributed by atoms with Crippen LogP contribution in [0.3, 0.4) is 0 Å². The highest BCUT2D eigenvalue weighted by Gasteiger charge is 2.36. The second-order valence-electron chi connectivity index (χ2n) is 4.56. The van der Waals surface area contributed by atoms with E-state index in [0.717, 1.165) is 0 Å². The molecule has 2 heterocycles. The maximum absolute atomic E-state index is 12.1. The molecule has 0 fully saturated rings. The molecule has 0 atom stereocenters. The fourth-order valence-electron chi connectivity index (χ4n) is 2.20. The summed E-state index contributed by atoms with van der Waals surface area (Å²) in [4.78, 5) is 29.6. The van der Waals surface area contributed by atoms with Crippen LogP contribution >= 0.6 is 0 Å². The molecule has 1 aliphatic heterocycles. The van der Waals surface area contributed by atoms with E-state index in [0.29, 0.717) is 35.1 Å². The van der Waals surface area contributed by atoms with Gasteiger partial charge in [-0.05, 0) is 18.2 Å². The van der Waals surface area contributed by atoms with Gasteiger partial charge in [-0.1, -0.05) is 12.1 Å². The molecule has 3 rings (SSSR count). The van der Waals surface area contributed by atoms with Gasteiger partial charge in [0.15, 0.2) is 5.82 Å². The standard InChI is InChI=1S/C14H13N3O4/c1-3-12-15-11(16-21-12)7-17-10-5-4-8(20-2)6-9(10)13(18)14(17)19/h4-6H,3,7H2,1-2H3. The first-order chi connectivity index (χ1) is 10.1. The Hall–Kier alpha value is -2.70. The highest BCUT2D eigenvalue weighted by Crippen LogP contribution is 2.32. The Morgan fingerprint density at radius 2 is 2.14 bits per heavy atom. The average molecular weight is 287 g/mol. The zero-order valence-corrected chi connectivity index (χ0v) is 11.6. The van der Waals surface area contributed by atoms with Gasteiger partial charge in [-0.25, -0.2) is 0 Å². The minimum atomic E-state index is -0.596. The number of fused-ring (bicyclic) bond motifs is 1. The summed E-state index contributed by atoms with van der Waals surface area (Å²) in [5, 5.41) is 3.80. The summed E-state index contributed by atoms with van der Waals surface area (Å²) in [7, 11) is 1.51. The molecule has 2 aromatic rings. The minimum absolute atomic E-state index is 0.105. The van der Waals surface area contributed by atoms with Gasteiger partial charge in [0.05, 0.1) is 24.9 Å². The SMILES string of the molecule is CCc1nc(CN2C(=O)C(=O)c3cc(OC)ccc32)no1. The highest BCUT2D eigenvalue weighted by atomic mass is 16.5. The van der Waals surface area contributed by atoms with Crippen molar-refractivity contribution in [2.75, 3.05) is 12.0 Å². The predicted molar refractivity (Wildman–Crippen MR) is 72.2 cm³/mol. The fourth-order valence-corrected chi connectivity index (χ4v) is 2.20. The predicted octanol–water partition coefficient (Wildman–Crippen LogP) is 1.37. The number of methoxy groups -OCH3 is 1. The molecule has 1 aliphatic rings. The van der Waals surface area contributed by atoms with Crippen molar-refractivity contribution in [3.8, 4) is 5.75 Å². The molecule has 21 heavy (non-hydrogen) atoms. The molecule has 0 spiro atoms. The van der Waals surface area contributed by atoms with Crippen molar-refractivity contribution in [3.63, 3.8) is 0 Å². The molecule has 108 valence electrons. The zero-order valence-electron chi connectivity index (χ0n) is 11.6. The summed E-state index contributed by atoms with van der Waals surface area (Å²) in [5.41, 5.74) is 0.868. The zero-order chi connectivity index (χ0) is 15.0. The number of ketones is 1. The summed E-state index contributed by atoms with van der Waals surface area (Å²) in [6.45, 7) is 2.00. The fraction of sp³-hybridized carbons (Fsp3) is 0.286. The van der Waals surface area contributed by atoms with E-state index in [2.05, 4.69) is 10.1 Å². The molecule has 0 N–H and O–H groups in total. The van der Waals surface area contributed by atoms with Gasteiger partial charge >= 0.3 is 0 Å². The summed E-state index contributed by atoms with van der Waals surface area (Å²) < 4.78 is 10.1. The molecular formula is C14H13N3O4. The van der Waals surface area contributed by atoms with Crippen LogP contribution in [0.25, 0.3) is 0 Å². The maximum atomic E-state index is 12.1. The molecule has 0 unspecified atom stereocenters. The van der Waals surface area contributed by atoms with Crippen LogP contribution in [-0.2, 0) is 17.8 Å². The van der Waals surface area contributed by atoms with E-state index in [1.807, 2.05) is 6.92 Å². The van der Waals surface area contributed by atoms with Crippen molar-refractivity contribution < 1.29 is 18.8 Å². The topological polar surface area (TPSA) is 85.5 Å². The molecule has 1 aromatic carbocycles. The van der Waals surface area contributed by atoms with Gasteiger partial charge in [-0.3, -0.25) is 14.5 Å². The molecule has 0 radical (unpaired) electrons. The number of hydrogen-bond acceptors (Lipinski definition) is 6. The Bertz CT molecular complexity index is 723. The average Bonchev–Trinajstić information content (AvgIpc) is 3.06. The van der Waals surface area contributed by atoms with Gasteiger partial charge in [0.2, 0.25) is 5.89 Å². The normalized spacial score (nSPS) is 13.7. The molecule has 0 saturated heterocycles. The molecule has 7 heteroatoms. The number of Topliss-reactive ketones (excluding diaryl/α,β-unsaturated/α-hetero) is 1. The lowest BCUT2D eigenvalue weighted by Gasteiger charge is -2.14. The molecule has 0 saturated carbocycles. The number of rotatable bonds is 4. The summed E-state index contributed by atoms with van der Waals surface area (Å²) >= 11 is 0. The Labute approximate surface area is 120 Å². The summed E-state index contributed by atoms with van der Waals surface area (Å²) in [6.07, 6.45) is 0.619. The molecule has 7 nitrogen and oxygen atoms in total. The van der Waals surface area contributed by atoms with E-state index in [1.165, 1.54) is 12.0 Å². The monoisotopic (exact) mass is 287 g/mol. The summed E-state index contributed by atoms with van der Waals surface area (Å²) in [6, 6.07) is 4.94. The van der Waals surface area contributed by atoms with Crippen molar-refractivity contribution in [2.45, 2.75) is 19.9 Å². The Morgan fingerprint density at radius 1 is 1.33 bits per heavy atom. The number of benzene rings is 1. The molecule has 1 amide bonds. The maximum Gasteiger partial charge on any atom is 0.299 e. The van der Waals surface area contributed by atoms with E-state index >= 15 is 0 Å². The van der Waals surface area contributed by atoms with E-state index in [-0.39, 0.29) is 6.54 Å². The van der Waals surface area contributed by atoms with Crippen molar-refractivity contribution in [2.24, 2.45) is 0 Å². The van der Waals surface area contributed by atoms with Crippen molar-refractivity contribution in [1.29, 1.82) is 0 Å². The van der Waals surface area contributed by atoms with Crippen molar-refractivity contribution in [1.82, 2.24) is 10.1 Å². The van der Waals surface area contributed by atoms with Gasteiger partial charge in [0.1, 0.15) is 5.75 Å². The first-order valence-electron chi connectivity index (χ1n) is 6.49. The van der Waals surface area contributed by atoms with Crippen molar-refractivity contribution in [3.05, 3.63) is 35.5 Å². The van der Waals surface area contributed by atoms with Gasteiger partial charge in [0, 0.05) is 6.42 Å².